The Morgan fingerprint density at radius 3 is 2.20 bits per heavy atom. The maximum atomic E-state index is 12.4. The van der Waals surface area contributed by atoms with E-state index in [1.54, 1.807) is 12.1 Å². The van der Waals surface area contributed by atoms with Crippen LogP contribution in [0.1, 0.15) is 31.9 Å². The predicted molar refractivity (Wildman–Crippen MR) is 113 cm³/mol. The van der Waals surface area contributed by atoms with Crippen molar-refractivity contribution in [3.8, 4) is 23.0 Å². The summed E-state index contributed by atoms with van der Waals surface area (Å²) in [4.78, 5) is 12.4. The standard InChI is InChI=1S/C24H30O6/c1-4-27-21-10-8-16(14-23(21)29-6-3)11-18-15-30-24(26)19(18)12-17-7-9-20(25)22(13-17)28-5-2/h7-10,13-14,18-19,25H,4-6,11-12,15H2,1-3H3/t18-,19+/m0/s1. The van der Waals surface area contributed by atoms with Crippen LogP contribution in [0.3, 0.4) is 0 Å². The lowest BCUT2D eigenvalue weighted by atomic mass is 9.85. The highest BCUT2D eigenvalue weighted by Crippen LogP contribution is 2.34. The Morgan fingerprint density at radius 2 is 1.47 bits per heavy atom. The molecule has 1 aliphatic heterocycles. The zero-order valence-electron chi connectivity index (χ0n) is 17.8. The monoisotopic (exact) mass is 414 g/mol. The lowest BCUT2D eigenvalue weighted by Crippen LogP contribution is -2.20. The molecule has 6 heteroatoms. The number of carbonyl (C=O) groups excluding carboxylic acids is 1. The van der Waals surface area contributed by atoms with Crippen LogP contribution in [0.5, 0.6) is 23.0 Å². The molecule has 3 rings (SSSR count). The largest absolute Gasteiger partial charge is 0.504 e. The van der Waals surface area contributed by atoms with E-state index in [0.29, 0.717) is 45.0 Å². The van der Waals surface area contributed by atoms with Crippen molar-refractivity contribution in [2.24, 2.45) is 11.8 Å². The number of carbonyl (C=O) groups is 1. The first kappa shape index (κ1) is 21.8. The van der Waals surface area contributed by atoms with E-state index in [0.717, 1.165) is 22.6 Å². The van der Waals surface area contributed by atoms with Gasteiger partial charge in [0.25, 0.3) is 0 Å². The molecule has 0 amide bonds. The van der Waals surface area contributed by atoms with Crippen molar-refractivity contribution in [1.29, 1.82) is 0 Å². The summed E-state index contributed by atoms with van der Waals surface area (Å²) in [5.41, 5.74) is 2.02. The van der Waals surface area contributed by atoms with Crippen molar-refractivity contribution in [2.45, 2.75) is 33.6 Å². The maximum Gasteiger partial charge on any atom is 0.309 e. The molecule has 1 fully saturated rings. The van der Waals surface area contributed by atoms with Gasteiger partial charge in [-0.2, -0.15) is 0 Å². The number of hydrogen-bond acceptors (Lipinski definition) is 6. The first-order chi connectivity index (χ1) is 14.5. The second-order valence-corrected chi connectivity index (χ2v) is 7.29. The second-order valence-electron chi connectivity index (χ2n) is 7.29. The lowest BCUT2D eigenvalue weighted by Gasteiger charge is -2.18. The van der Waals surface area contributed by atoms with Gasteiger partial charge in [-0.3, -0.25) is 4.79 Å². The molecule has 0 aliphatic carbocycles. The summed E-state index contributed by atoms with van der Waals surface area (Å²) in [6.07, 6.45) is 1.25. The minimum atomic E-state index is -0.244. The quantitative estimate of drug-likeness (QED) is 0.589. The molecule has 30 heavy (non-hydrogen) atoms. The van der Waals surface area contributed by atoms with Crippen molar-refractivity contribution < 1.29 is 28.8 Å². The fraction of sp³-hybridized carbons (Fsp3) is 0.458. The fourth-order valence-corrected chi connectivity index (χ4v) is 3.79. The number of benzene rings is 2. The summed E-state index contributed by atoms with van der Waals surface area (Å²) >= 11 is 0. The molecular weight excluding hydrogens is 384 g/mol. The Balaban J connectivity index is 1.75. The summed E-state index contributed by atoms with van der Waals surface area (Å²) < 4.78 is 22.2. The van der Waals surface area contributed by atoms with E-state index >= 15 is 0 Å². The number of phenols is 1. The molecule has 0 saturated carbocycles. The van der Waals surface area contributed by atoms with E-state index in [-0.39, 0.29) is 23.6 Å². The molecular formula is C24H30O6. The molecule has 1 heterocycles. The van der Waals surface area contributed by atoms with Crippen LogP contribution < -0.4 is 14.2 Å². The molecule has 2 aromatic carbocycles. The Morgan fingerprint density at radius 1 is 0.867 bits per heavy atom. The molecule has 2 aromatic rings. The first-order valence-electron chi connectivity index (χ1n) is 10.6. The van der Waals surface area contributed by atoms with Crippen molar-refractivity contribution in [1.82, 2.24) is 0 Å². The molecule has 0 spiro atoms. The Hall–Kier alpha value is -2.89. The number of ether oxygens (including phenoxy) is 4. The molecule has 0 unspecified atom stereocenters. The van der Waals surface area contributed by atoms with E-state index < -0.39 is 0 Å². The van der Waals surface area contributed by atoms with E-state index in [2.05, 4.69) is 0 Å². The Kier molecular flexibility index (Phi) is 7.44. The third-order valence-corrected chi connectivity index (χ3v) is 5.20. The number of esters is 1. The van der Waals surface area contributed by atoms with Crippen LogP contribution in [-0.2, 0) is 22.4 Å². The van der Waals surface area contributed by atoms with Gasteiger partial charge in [0.15, 0.2) is 23.0 Å². The van der Waals surface area contributed by atoms with Gasteiger partial charge in [0.2, 0.25) is 0 Å². The van der Waals surface area contributed by atoms with Crippen LogP contribution in [0.4, 0.5) is 0 Å². The number of aromatic hydroxyl groups is 1. The summed E-state index contributed by atoms with van der Waals surface area (Å²) in [7, 11) is 0. The van der Waals surface area contributed by atoms with Crippen LogP contribution in [0.15, 0.2) is 36.4 Å². The predicted octanol–water partition coefficient (Wildman–Crippen LogP) is 4.16. The molecule has 2 atom stereocenters. The van der Waals surface area contributed by atoms with Crippen molar-refractivity contribution in [3.05, 3.63) is 47.5 Å². The minimum Gasteiger partial charge on any atom is -0.504 e. The highest BCUT2D eigenvalue weighted by Gasteiger charge is 2.37. The summed E-state index contributed by atoms with van der Waals surface area (Å²) in [5.74, 6) is 1.63. The summed E-state index contributed by atoms with van der Waals surface area (Å²) in [6, 6.07) is 11.2. The number of phenolic OH excluding ortho intramolecular Hbond substituents is 1. The van der Waals surface area contributed by atoms with Crippen LogP contribution >= 0.6 is 0 Å². The highest BCUT2D eigenvalue weighted by molar-refractivity contribution is 5.75. The van der Waals surface area contributed by atoms with Gasteiger partial charge < -0.3 is 24.1 Å². The van der Waals surface area contributed by atoms with Gasteiger partial charge in [-0.05, 0) is 69.0 Å². The van der Waals surface area contributed by atoms with E-state index in [1.165, 1.54) is 0 Å². The highest BCUT2D eigenvalue weighted by atomic mass is 16.5. The zero-order chi connectivity index (χ0) is 21.5. The van der Waals surface area contributed by atoms with Gasteiger partial charge in [0.1, 0.15) is 0 Å². The van der Waals surface area contributed by atoms with Gasteiger partial charge in [-0.25, -0.2) is 0 Å². The molecule has 0 aromatic heterocycles. The SMILES string of the molecule is CCOc1cc(C[C@H]2C(=O)OC[C@@H]2Cc2ccc(OCC)c(OCC)c2)ccc1O. The van der Waals surface area contributed by atoms with Gasteiger partial charge in [0, 0.05) is 5.92 Å². The normalized spacial score (nSPS) is 18.2. The molecule has 6 nitrogen and oxygen atoms in total. The third kappa shape index (κ3) is 5.17. The van der Waals surface area contributed by atoms with Crippen LogP contribution in [0, 0.1) is 11.8 Å². The maximum absolute atomic E-state index is 12.4. The van der Waals surface area contributed by atoms with Crippen LogP contribution in [0.2, 0.25) is 0 Å². The molecule has 0 bridgehead atoms. The molecule has 1 aliphatic rings. The molecule has 0 radical (unpaired) electrons. The average Bonchev–Trinajstić information content (AvgIpc) is 3.06. The third-order valence-electron chi connectivity index (χ3n) is 5.20. The molecule has 1 N–H and O–H groups in total. The van der Waals surface area contributed by atoms with E-state index in [1.807, 2.05) is 45.0 Å². The number of hydrogen-bond donors (Lipinski definition) is 1. The summed E-state index contributed by atoms with van der Waals surface area (Å²) in [5, 5.41) is 9.92. The van der Waals surface area contributed by atoms with Crippen molar-refractivity contribution in [3.63, 3.8) is 0 Å². The topological polar surface area (TPSA) is 74.2 Å². The Bertz CT molecular complexity index is 863. The minimum absolute atomic E-state index is 0.0641. The van der Waals surface area contributed by atoms with E-state index in [4.69, 9.17) is 18.9 Å². The van der Waals surface area contributed by atoms with Crippen molar-refractivity contribution >= 4 is 5.97 Å². The van der Waals surface area contributed by atoms with E-state index in [9.17, 15) is 9.90 Å². The number of cyclic esters (lactones) is 1. The summed E-state index contributed by atoms with van der Waals surface area (Å²) in [6.45, 7) is 7.74. The van der Waals surface area contributed by atoms with Gasteiger partial charge in [0.05, 0.1) is 32.3 Å². The molecule has 162 valence electrons. The van der Waals surface area contributed by atoms with Crippen LogP contribution in [0.25, 0.3) is 0 Å². The average molecular weight is 414 g/mol. The zero-order valence-corrected chi connectivity index (χ0v) is 17.8. The first-order valence-corrected chi connectivity index (χ1v) is 10.6. The lowest BCUT2D eigenvalue weighted by molar-refractivity contribution is -0.141. The second kappa shape index (κ2) is 10.2. The van der Waals surface area contributed by atoms with Gasteiger partial charge in [-0.15, -0.1) is 0 Å². The number of rotatable bonds is 10. The smallest absolute Gasteiger partial charge is 0.309 e. The Labute approximate surface area is 177 Å². The fourth-order valence-electron chi connectivity index (χ4n) is 3.79. The van der Waals surface area contributed by atoms with Crippen LogP contribution in [-0.4, -0.2) is 37.5 Å². The van der Waals surface area contributed by atoms with Gasteiger partial charge >= 0.3 is 5.97 Å². The van der Waals surface area contributed by atoms with Crippen molar-refractivity contribution in [2.75, 3.05) is 26.4 Å². The molecule has 1 saturated heterocycles. The van der Waals surface area contributed by atoms with Gasteiger partial charge in [-0.1, -0.05) is 12.1 Å².